The summed E-state index contributed by atoms with van der Waals surface area (Å²) < 4.78 is 0. The number of aryl methyl sites for hydroxylation is 1. The number of hydrogen-bond acceptors (Lipinski definition) is 3. The van der Waals surface area contributed by atoms with E-state index in [1.54, 1.807) is 0 Å². The number of carbonyl (C=O) groups excluding carboxylic acids is 1. The zero-order valence-electron chi connectivity index (χ0n) is 15.6. The topological polar surface area (TPSA) is 50.6 Å². The predicted molar refractivity (Wildman–Crippen MR) is 104 cm³/mol. The number of piperazine rings is 1. The average Bonchev–Trinajstić information content (AvgIpc) is 2.99. The van der Waals surface area contributed by atoms with E-state index in [1.807, 2.05) is 28.0 Å². The fourth-order valence-electron chi connectivity index (χ4n) is 4.03. The first-order chi connectivity index (χ1) is 13.1. The van der Waals surface area contributed by atoms with E-state index in [1.165, 1.54) is 11.1 Å². The zero-order valence-corrected chi connectivity index (χ0v) is 15.6. The molecule has 0 N–H and O–H groups in total. The molecule has 2 saturated heterocycles. The minimum absolute atomic E-state index is 0.159. The summed E-state index contributed by atoms with van der Waals surface area (Å²) in [5, 5.41) is 9.07. The molecule has 0 aromatic heterocycles. The number of hydrogen-bond donors (Lipinski definition) is 0. The van der Waals surface area contributed by atoms with Crippen LogP contribution in [0.2, 0.25) is 0 Å². The normalized spacial score (nSPS) is 19.9. The predicted octanol–water partition coefficient (Wildman–Crippen LogP) is 2.99. The summed E-state index contributed by atoms with van der Waals surface area (Å²) in [6.07, 6.45) is 0. The maximum absolute atomic E-state index is 12.8. The van der Waals surface area contributed by atoms with Gasteiger partial charge < -0.3 is 9.80 Å². The molecule has 1 atom stereocenters. The second-order valence-electron chi connectivity index (χ2n) is 7.54. The van der Waals surface area contributed by atoms with Gasteiger partial charge in [0.05, 0.1) is 17.7 Å². The van der Waals surface area contributed by atoms with Gasteiger partial charge in [-0.2, -0.15) is 5.26 Å². The van der Waals surface area contributed by atoms with Gasteiger partial charge in [0.25, 0.3) is 0 Å². The van der Waals surface area contributed by atoms with Crippen molar-refractivity contribution in [3.8, 4) is 6.07 Å². The molecule has 2 fully saturated rings. The highest BCUT2D eigenvalue weighted by Gasteiger charge is 2.40. The van der Waals surface area contributed by atoms with Gasteiger partial charge in [0, 0.05) is 39.3 Å². The van der Waals surface area contributed by atoms with Crippen molar-refractivity contribution in [3.63, 3.8) is 0 Å². The van der Waals surface area contributed by atoms with Crippen LogP contribution < -0.4 is 0 Å². The third-order valence-corrected chi connectivity index (χ3v) is 5.47. The summed E-state index contributed by atoms with van der Waals surface area (Å²) in [6, 6.07) is 18.8. The van der Waals surface area contributed by atoms with Gasteiger partial charge in [0.1, 0.15) is 0 Å². The highest BCUT2D eigenvalue weighted by Crippen LogP contribution is 2.23. The summed E-state index contributed by atoms with van der Waals surface area (Å²) in [5.41, 5.74) is 4.27. The Morgan fingerprint density at radius 1 is 1.04 bits per heavy atom. The van der Waals surface area contributed by atoms with Crippen LogP contribution in [0.25, 0.3) is 0 Å². The molecule has 0 unspecified atom stereocenters. The Bertz CT molecular complexity index is 871. The van der Waals surface area contributed by atoms with Crippen LogP contribution >= 0.6 is 0 Å². The van der Waals surface area contributed by atoms with Gasteiger partial charge in [-0.05, 0) is 30.2 Å². The lowest BCUT2D eigenvalue weighted by Crippen LogP contribution is -2.51. The van der Waals surface area contributed by atoms with Crippen LogP contribution in [0.4, 0.5) is 4.79 Å². The van der Waals surface area contributed by atoms with Crippen molar-refractivity contribution < 1.29 is 4.79 Å². The van der Waals surface area contributed by atoms with E-state index in [0.717, 1.165) is 38.3 Å². The smallest absolute Gasteiger partial charge is 0.318 e. The molecule has 0 aliphatic carbocycles. The maximum atomic E-state index is 12.8. The van der Waals surface area contributed by atoms with Gasteiger partial charge in [-0.3, -0.25) is 4.90 Å². The minimum Gasteiger partial charge on any atom is -0.318 e. The molecule has 0 spiro atoms. The molecule has 0 bridgehead atoms. The fraction of sp³-hybridized carbons (Fsp3) is 0.364. The first-order valence-electron chi connectivity index (χ1n) is 9.45. The molecule has 2 aliphatic heterocycles. The Hall–Kier alpha value is -2.84. The van der Waals surface area contributed by atoms with Gasteiger partial charge in [-0.15, -0.1) is 0 Å². The van der Waals surface area contributed by atoms with Crippen LogP contribution in [0.15, 0.2) is 48.5 Å². The van der Waals surface area contributed by atoms with Crippen LogP contribution in [0.3, 0.4) is 0 Å². The molecule has 5 nitrogen and oxygen atoms in total. The van der Waals surface area contributed by atoms with E-state index in [0.29, 0.717) is 12.1 Å². The number of fused-ring (bicyclic) bond motifs is 1. The first kappa shape index (κ1) is 17.6. The van der Waals surface area contributed by atoms with E-state index >= 15 is 0 Å². The monoisotopic (exact) mass is 360 g/mol. The van der Waals surface area contributed by atoms with Crippen molar-refractivity contribution in [1.29, 1.82) is 5.26 Å². The summed E-state index contributed by atoms with van der Waals surface area (Å²) in [5.74, 6) is 0. The Morgan fingerprint density at radius 3 is 2.63 bits per heavy atom. The molecular weight excluding hydrogens is 336 g/mol. The second-order valence-corrected chi connectivity index (χ2v) is 7.54. The minimum atomic E-state index is 0.159. The van der Waals surface area contributed by atoms with Crippen molar-refractivity contribution in [2.45, 2.75) is 26.1 Å². The molecule has 5 heteroatoms. The number of carbonyl (C=O) groups is 1. The molecule has 4 rings (SSSR count). The fourth-order valence-corrected chi connectivity index (χ4v) is 4.03. The number of urea groups is 1. The third-order valence-electron chi connectivity index (χ3n) is 5.47. The summed E-state index contributed by atoms with van der Waals surface area (Å²) in [4.78, 5) is 19.1. The molecule has 0 saturated carbocycles. The Kier molecular flexibility index (Phi) is 4.83. The van der Waals surface area contributed by atoms with E-state index in [9.17, 15) is 4.79 Å². The Labute approximate surface area is 160 Å². The van der Waals surface area contributed by atoms with Crippen molar-refractivity contribution >= 4 is 6.03 Å². The van der Waals surface area contributed by atoms with Crippen molar-refractivity contribution in [1.82, 2.24) is 14.7 Å². The third kappa shape index (κ3) is 3.81. The maximum Gasteiger partial charge on any atom is 0.320 e. The lowest BCUT2D eigenvalue weighted by Gasteiger charge is -2.36. The first-order valence-corrected chi connectivity index (χ1v) is 9.45. The van der Waals surface area contributed by atoms with Crippen molar-refractivity contribution in [2.24, 2.45) is 0 Å². The van der Waals surface area contributed by atoms with E-state index < -0.39 is 0 Å². The summed E-state index contributed by atoms with van der Waals surface area (Å²) >= 11 is 0. The molecule has 0 radical (unpaired) electrons. The molecule has 27 heavy (non-hydrogen) atoms. The molecule has 2 aromatic carbocycles. The van der Waals surface area contributed by atoms with Crippen LogP contribution in [0.1, 0.15) is 22.3 Å². The van der Waals surface area contributed by atoms with Gasteiger partial charge in [-0.25, -0.2) is 4.79 Å². The van der Waals surface area contributed by atoms with E-state index in [2.05, 4.69) is 48.2 Å². The summed E-state index contributed by atoms with van der Waals surface area (Å²) in [7, 11) is 0. The molecule has 2 aromatic rings. The standard InChI is InChI=1S/C22H24N4O/c1-17-5-7-18(8-6-17)14-25-16-21-15-24(9-10-26(21)22(25)27)13-20-4-2-3-19(11-20)12-23/h2-8,11,21H,9-10,13-16H2,1H3/t21-/m1/s1. The average molecular weight is 360 g/mol. The van der Waals surface area contributed by atoms with Crippen LogP contribution in [-0.2, 0) is 13.1 Å². The number of benzene rings is 2. The molecule has 2 amide bonds. The zero-order chi connectivity index (χ0) is 18.8. The SMILES string of the molecule is Cc1ccc(CN2C[C@H]3CN(Cc4cccc(C#N)c4)CCN3C2=O)cc1. The largest absolute Gasteiger partial charge is 0.320 e. The van der Waals surface area contributed by atoms with Gasteiger partial charge in [-0.1, -0.05) is 42.0 Å². The number of nitrogens with zero attached hydrogens (tertiary/aromatic N) is 4. The van der Waals surface area contributed by atoms with E-state index in [4.69, 9.17) is 5.26 Å². The molecule has 138 valence electrons. The Balaban J connectivity index is 1.39. The van der Waals surface area contributed by atoms with Crippen molar-refractivity contribution in [2.75, 3.05) is 26.2 Å². The Morgan fingerprint density at radius 2 is 1.85 bits per heavy atom. The van der Waals surface area contributed by atoms with Crippen molar-refractivity contribution in [3.05, 3.63) is 70.8 Å². The van der Waals surface area contributed by atoms with E-state index in [-0.39, 0.29) is 12.1 Å². The quantitative estimate of drug-likeness (QED) is 0.842. The number of nitriles is 1. The molecular formula is C22H24N4O. The number of amides is 2. The van der Waals surface area contributed by atoms with Gasteiger partial charge >= 0.3 is 6.03 Å². The van der Waals surface area contributed by atoms with Gasteiger partial charge in [0.2, 0.25) is 0 Å². The molecule has 2 heterocycles. The highest BCUT2D eigenvalue weighted by molar-refractivity contribution is 5.77. The lowest BCUT2D eigenvalue weighted by molar-refractivity contribution is 0.116. The molecule has 2 aliphatic rings. The van der Waals surface area contributed by atoms with Crippen LogP contribution in [-0.4, -0.2) is 53.0 Å². The summed E-state index contributed by atoms with van der Waals surface area (Å²) in [6.45, 7) is 6.88. The highest BCUT2D eigenvalue weighted by atomic mass is 16.2. The second kappa shape index (κ2) is 7.42. The lowest BCUT2D eigenvalue weighted by atomic mass is 10.1. The van der Waals surface area contributed by atoms with Crippen LogP contribution in [0.5, 0.6) is 0 Å². The van der Waals surface area contributed by atoms with Crippen LogP contribution in [0, 0.1) is 18.3 Å². The van der Waals surface area contributed by atoms with Gasteiger partial charge in [0.15, 0.2) is 0 Å². The number of rotatable bonds is 4.